The first-order chi connectivity index (χ1) is 16.3. The quantitative estimate of drug-likeness (QED) is 0.139. The van der Waals surface area contributed by atoms with Crippen molar-refractivity contribution in [2.45, 2.75) is 170 Å². The van der Waals surface area contributed by atoms with Crippen molar-refractivity contribution in [3.63, 3.8) is 0 Å². The van der Waals surface area contributed by atoms with E-state index >= 15 is 0 Å². The average Bonchev–Trinajstić information content (AvgIpc) is 2.80. The van der Waals surface area contributed by atoms with Gasteiger partial charge in [-0.15, -0.1) is 0 Å². The zero-order chi connectivity index (χ0) is 25.8. The SMILES string of the molecule is CCCCCCCCC(C(C)CCCCC)C(C(=O)O)(C(C)CCCCC)C(C)CCCCC. The van der Waals surface area contributed by atoms with Gasteiger partial charge in [-0.05, 0) is 42.9 Å². The standard InChI is InChI=1S/C32H64O2/c1-8-12-16-17-18-22-26-30(27(5)23-19-13-9-2)32(31(33)34,28(6)24-20-14-10-3)29(7)25-21-15-11-4/h27-30H,8-26H2,1-7H3,(H,33,34). The van der Waals surface area contributed by atoms with Crippen molar-refractivity contribution in [3.8, 4) is 0 Å². The van der Waals surface area contributed by atoms with Crippen LogP contribution >= 0.6 is 0 Å². The van der Waals surface area contributed by atoms with Crippen molar-refractivity contribution in [2.24, 2.45) is 29.1 Å². The van der Waals surface area contributed by atoms with Gasteiger partial charge in [0, 0.05) is 0 Å². The normalized spacial score (nSPS) is 17.1. The lowest BCUT2D eigenvalue weighted by atomic mass is 9.54. The summed E-state index contributed by atoms with van der Waals surface area (Å²) in [5.74, 6) is 0.777. The monoisotopic (exact) mass is 480 g/mol. The molecule has 204 valence electrons. The molecule has 0 saturated carbocycles. The fourth-order valence-electron chi connectivity index (χ4n) is 6.73. The van der Waals surface area contributed by atoms with Crippen LogP contribution in [0.2, 0.25) is 0 Å². The number of hydrogen-bond donors (Lipinski definition) is 1. The molecular formula is C32H64O2. The minimum Gasteiger partial charge on any atom is -0.481 e. The zero-order valence-electron chi connectivity index (χ0n) is 24.6. The highest BCUT2D eigenvalue weighted by atomic mass is 16.4. The molecular weight excluding hydrogens is 416 g/mol. The first kappa shape index (κ1) is 33.5. The van der Waals surface area contributed by atoms with Gasteiger partial charge in [0.2, 0.25) is 0 Å². The van der Waals surface area contributed by atoms with Gasteiger partial charge in [0.1, 0.15) is 0 Å². The highest BCUT2D eigenvalue weighted by Crippen LogP contribution is 2.52. The predicted octanol–water partition coefficient (Wildman–Crippen LogP) is 11.1. The highest BCUT2D eigenvalue weighted by molar-refractivity contribution is 5.76. The van der Waals surface area contributed by atoms with E-state index in [4.69, 9.17) is 0 Å². The summed E-state index contributed by atoms with van der Waals surface area (Å²) in [7, 11) is 0. The number of unbranched alkanes of at least 4 members (excludes halogenated alkanes) is 11. The van der Waals surface area contributed by atoms with Crippen LogP contribution in [-0.2, 0) is 4.79 Å². The van der Waals surface area contributed by atoms with E-state index in [1.807, 2.05) is 0 Å². The molecule has 0 heterocycles. The van der Waals surface area contributed by atoms with E-state index in [2.05, 4.69) is 48.5 Å². The van der Waals surface area contributed by atoms with Crippen LogP contribution in [0.3, 0.4) is 0 Å². The predicted molar refractivity (Wildman–Crippen MR) is 151 cm³/mol. The van der Waals surface area contributed by atoms with E-state index in [-0.39, 0.29) is 11.8 Å². The van der Waals surface area contributed by atoms with E-state index in [1.54, 1.807) is 0 Å². The van der Waals surface area contributed by atoms with E-state index in [9.17, 15) is 9.90 Å². The largest absolute Gasteiger partial charge is 0.481 e. The molecule has 0 bridgehead atoms. The molecule has 0 fully saturated rings. The Hall–Kier alpha value is -0.530. The van der Waals surface area contributed by atoms with Crippen molar-refractivity contribution >= 4 is 5.97 Å². The van der Waals surface area contributed by atoms with Crippen molar-refractivity contribution in [3.05, 3.63) is 0 Å². The molecule has 0 aliphatic carbocycles. The lowest BCUT2D eigenvalue weighted by molar-refractivity contribution is -0.167. The lowest BCUT2D eigenvalue weighted by Gasteiger charge is -2.49. The van der Waals surface area contributed by atoms with Crippen LogP contribution in [0.25, 0.3) is 0 Å². The Morgan fingerprint density at radius 1 is 0.559 bits per heavy atom. The molecule has 4 unspecified atom stereocenters. The number of rotatable bonds is 24. The average molecular weight is 481 g/mol. The second-order valence-electron chi connectivity index (χ2n) is 11.7. The molecule has 0 aliphatic rings. The van der Waals surface area contributed by atoms with Gasteiger partial charge in [-0.3, -0.25) is 4.79 Å². The van der Waals surface area contributed by atoms with Crippen LogP contribution in [0.1, 0.15) is 170 Å². The third kappa shape index (κ3) is 11.5. The van der Waals surface area contributed by atoms with Crippen molar-refractivity contribution < 1.29 is 9.90 Å². The third-order valence-corrected chi connectivity index (χ3v) is 8.91. The Balaban J connectivity index is 5.98. The van der Waals surface area contributed by atoms with Crippen molar-refractivity contribution in [1.29, 1.82) is 0 Å². The summed E-state index contributed by atoms with van der Waals surface area (Å²) in [6.07, 6.45) is 23.1. The number of carbonyl (C=O) groups is 1. The molecule has 0 aromatic carbocycles. The van der Waals surface area contributed by atoms with Gasteiger partial charge in [0.25, 0.3) is 0 Å². The fourth-order valence-corrected chi connectivity index (χ4v) is 6.73. The molecule has 0 aliphatic heterocycles. The molecule has 1 N–H and O–H groups in total. The van der Waals surface area contributed by atoms with E-state index in [0.717, 1.165) is 19.3 Å². The second kappa shape index (κ2) is 20.6. The summed E-state index contributed by atoms with van der Waals surface area (Å²) in [5, 5.41) is 11.0. The van der Waals surface area contributed by atoms with E-state index in [0.29, 0.717) is 11.8 Å². The van der Waals surface area contributed by atoms with Gasteiger partial charge >= 0.3 is 5.97 Å². The molecule has 0 aromatic heterocycles. The first-order valence-corrected chi connectivity index (χ1v) is 15.6. The Morgan fingerprint density at radius 3 is 1.35 bits per heavy atom. The van der Waals surface area contributed by atoms with Gasteiger partial charge in [-0.1, -0.05) is 151 Å². The second-order valence-corrected chi connectivity index (χ2v) is 11.7. The third-order valence-electron chi connectivity index (χ3n) is 8.91. The fraction of sp³-hybridized carbons (Fsp3) is 0.969. The summed E-state index contributed by atoms with van der Waals surface area (Å²) >= 11 is 0. The minimum absolute atomic E-state index is 0.242. The minimum atomic E-state index is -0.587. The van der Waals surface area contributed by atoms with Gasteiger partial charge < -0.3 is 5.11 Å². The maximum Gasteiger partial charge on any atom is 0.310 e. The van der Waals surface area contributed by atoms with E-state index < -0.39 is 11.4 Å². The van der Waals surface area contributed by atoms with Crippen LogP contribution in [0, 0.1) is 29.1 Å². The Labute approximate surface area is 215 Å². The molecule has 0 radical (unpaired) electrons. The molecule has 0 amide bonds. The molecule has 34 heavy (non-hydrogen) atoms. The number of hydrogen-bond acceptors (Lipinski definition) is 1. The van der Waals surface area contributed by atoms with Crippen LogP contribution in [0.15, 0.2) is 0 Å². The summed E-state index contributed by atoms with van der Waals surface area (Å²) < 4.78 is 0. The Kier molecular flexibility index (Phi) is 20.3. The Bertz CT molecular complexity index is 456. The van der Waals surface area contributed by atoms with E-state index in [1.165, 1.54) is 103 Å². The maximum absolute atomic E-state index is 13.4. The topological polar surface area (TPSA) is 37.3 Å². The van der Waals surface area contributed by atoms with Crippen LogP contribution < -0.4 is 0 Å². The molecule has 0 spiro atoms. The van der Waals surface area contributed by atoms with Gasteiger partial charge in [0.15, 0.2) is 0 Å². The number of aliphatic carboxylic acids is 1. The smallest absolute Gasteiger partial charge is 0.310 e. The lowest BCUT2D eigenvalue weighted by Crippen LogP contribution is -2.51. The van der Waals surface area contributed by atoms with Crippen molar-refractivity contribution in [2.75, 3.05) is 0 Å². The van der Waals surface area contributed by atoms with Gasteiger partial charge in [0.05, 0.1) is 5.41 Å². The maximum atomic E-state index is 13.4. The summed E-state index contributed by atoms with van der Waals surface area (Å²) in [5.41, 5.74) is -0.587. The zero-order valence-corrected chi connectivity index (χ0v) is 24.6. The number of carboxylic acid groups (broad SMARTS) is 1. The summed E-state index contributed by atoms with van der Waals surface area (Å²) in [6.45, 7) is 16.0. The summed E-state index contributed by atoms with van der Waals surface area (Å²) in [6, 6.07) is 0. The molecule has 2 heteroatoms. The first-order valence-electron chi connectivity index (χ1n) is 15.6. The van der Waals surface area contributed by atoms with Crippen molar-refractivity contribution in [1.82, 2.24) is 0 Å². The van der Waals surface area contributed by atoms with Crippen LogP contribution in [0.5, 0.6) is 0 Å². The highest BCUT2D eigenvalue weighted by Gasteiger charge is 2.53. The molecule has 0 saturated heterocycles. The van der Waals surface area contributed by atoms with Crippen LogP contribution in [0.4, 0.5) is 0 Å². The summed E-state index contributed by atoms with van der Waals surface area (Å²) in [4.78, 5) is 13.4. The molecule has 4 atom stereocenters. The number of carboxylic acids is 1. The molecule has 0 aromatic rings. The van der Waals surface area contributed by atoms with Gasteiger partial charge in [-0.2, -0.15) is 0 Å². The Morgan fingerprint density at radius 2 is 0.912 bits per heavy atom. The molecule has 0 rings (SSSR count). The molecule has 2 nitrogen and oxygen atoms in total. The van der Waals surface area contributed by atoms with Gasteiger partial charge in [-0.25, -0.2) is 0 Å². The van der Waals surface area contributed by atoms with Crippen LogP contribution in [-0.4, -0.2) is 11.1 Å².